The highest BCUT2D eigenvalue weighted by molar-refractivity contribution is 9.10. The van der Waals surface area contributed by atoms with Gasteiger partial charge in [0.25, 0.3) is 0 Å². The minimum atomic E-state index is 0.298. The first-order valence-electron chi connectivity index (χ1n) is 7.13. The molecule has 1 aliphatic heterocycles. The zero-order valence-corrected chi connectivity index (χ0v) is 14.0. The van der Waals surface area contributed by atoms with Crippen LogP contribution in [-0.2, 0) is 6.54 Å². The van der Waals surface area contributed by atoms with Crippen LogP contribution in [0.25, 0.3) is 0 Å². The Hall–Kier alpha value is -1.03. The highest BCUT2D eigenvalue weighted by Crippen LogP contribution is 2.34. The van der Waals surface area contributed by atoms with E-state index in [4.69, 9.17) is 16.3 Å². The summed E-state index contributed by atoms with van der Waals surface area (Å²) in [6.07, 6.45) is 2.12. The van der Waals surface area contributed by atoms with Gasteiger partial charge < -0.3 is 10.1 Å². The molecule has 1 heterocycles. The summed E-state index contributed by atoms with van der Waals surface area (Å²) in [5, 5.41) is 4.43. The fraction of sp³-hybridized carbons (Fsp3) is 0.294. The van der Waals surface area contributed by atoms with Crippen molar-refractivity contribution in [1.29, 1.82) is 0 Å². The van der Waals surface area contributed by atoms with Gasteiger partial charge in [0.1, 0.15) is 5.75 Å². The number of halogens is 2. The Labute approximate surface area is 138 Å². The Kier molecular flexibility index (Phi) is 4.84. The summed E-state index contributed by atoms with van der Waals surface area (Å²) in [4.78, 5) is 0. The summed E-state index contributed by atoms with van der Waals surface area (Å²) in [5.74, 6) is 0.971. The van der Waals surface area contributed by atoms with Crippen LogP contribution in [0.3, 0.4) is 0 Å². The van der Waals surface area contributed by atoms with E-state index in [0.717, 1.165) is 46.8 Å². The summed E-state index contributed by atoms with van der Waals surface area (Å²) in [6, 6.07) is 14.5. The quantitative estimate of drug-likeness (QED) is 0.815. The predicted molar refractivity (Wildman–Crippen MR) is 89.9 cm³/mol. The maximum atomic E-state index is 6.22. The highest BCUT2D eigenvalue weighted by Gasteiger charge is 2.19. The van der Waals surface area contributed by atoms with Crippen molar-refractivity contribution >= 4 is 27.5 Å². The molecule has 1 N–H and O–H groups in total. The Morgan fingerprint density at radius 2 is 2.10 bits per heavy atom. The summed E-state index contributed by atoms with van der Waals surface area (Å²) < 4.78 is 6.89. The third kappa shape index (κ3) is 3.60. The van der Waals surface area contributed by atoms with E-state index in [1.807, 2.05) is 24.3 Å². The normalized spacial score (nSPS) is 17.7. The molecule has 0 saturated carbocycles. The molecular formula is C17H17BrClNO. The van der Waals surface area contributed by atoms with Crippen LogP contribution in [0.5, 0.6) is 5.75 Å². The van der Waals surface area contributed by atoms with Crippen molar-refractivity contribution in [2.24, 2.45) is 0 Å². The van der Waals surface area contributed by atoms with Gasteiger partial charge in [0, 0.05) is 27.6 Å². The molecule has 0 spiro atoms. The van der Waals surface area contributed by atoms with Gasteiger partial charge >= 0.3 is 0 Å². The third-order valence-electron chi connectivity index (χ3n) is 3.74. The van der Waals surface area contributed by atoms with E-state index in [2.05, 4.69) is 39.4 Å². The van der Waals surface area contributed by atoms with Crippen molar-refractivity contribution in [2.75, 3.05) is 6.61 Å². The van der Waals surface area contributed by atoms with E-state index in [9.17, 15) is 0 Å². The molecule has 2 aromatic carbocycles. The zero-order valence-electron chi connectivity index (χ0n) is 11.6. The summed E-state index contributed by atoms with van der Waals surface area (Å²) >= 11 is 9.73. The Morgan fingerprint density at radius 1 is 1.24 bits per heavy atom. The minimum absolute atomic E-state index is 0.298. The third-order valence-corrected chi connectivity index (χ3v) is 4.60. The fourth-order valence-electron chi connectivity index (χ4n) is 2.63. The van der Waals surface area contributed by atoms with Crippen LogP contribution in [0.4, 0.5) is 0 Å². The number of fused-ring (bicyclic) bond motifs is 1. The molecule has 1 atom stereocenters. The highest BCUT2D eigenvalue weighted by atomic mass is 79.9. The summed E-state index contributed by atoms with van der Waals surface area (Å²) in [5.41, 5.74) is 2.35. The average molecular weight is 367 g/mol. The van der Waals surface area contributed by atoms with Crippen LogP contribution in [0.1, 0.15) is 30.0 Å². The molecule has 3 rings (SSSR count). The second kappa shape index (κ2) is 6.82. The molecule has 21 heavy (non-hydrogen) atoms. The molecule has 2 aromatic rings. The van der Waals surface area contributed by atoms with E-state index >= 15 is 0 Å². The van der Waals surface area contributed by atoms with Gasteiger partial charge in [-0.15, -0.1) is 0 Å². The molecule has 0 amide bonds. The zero-order chi connectivity index (χ0) is 14.7. The van der Waals surface area contributed by atoms with Crippen molar-refractivity contribution in [3.8, 4) is 5.75 Å². The van der Waals surface area contributed by atoms with Gasteiger partial charge in [-0.25, -0.2) is 0 Å². The van der Waals surface area contributed by atoms with Gasteiger partial charge in [-0.05, 0) is 36.6 Å². The predicted octanol–water partition coefficient (Wildman–Crippen LogP) is 5.11. The summed E-state index contributed by atoms with van der Waals surface area (Å²) in [6.45, 7) is 1.54. The molecule has 1 unspecified atom stereocenters. The molecule has 110 valence electrons. The lowest BCUT2D eigenvalue weighted by Crippen LogP contribution is -2.20. The van der Waals surface area contributed by atoms with Gasteiger partial charge in [0.15, 0.2) is 0 Å². The first kappa shape index (κ1) is 14.9. The van der Waals surface area contributed by atoms with Crippen molar-refractivity contribution in [1.82, 2.24) is 5.32 Å². The van der Waals surface area contributed by atoms with Crippen LogP contribution in [0.15, 0.2) is 46.9 Å². The van der Waals surface area contributed by atoms with E-state index in [0.29, 0.717) is 6.04 Å². The van der Waals surface area contributed by atoms with Crippen molar-refractivity contribution in [3.05, 3.63) is 63.1 Å². The van der Waals surface area contributed by atoms with Crippen LogP contribution >= 0.6 is 27.5 Å². The topological polar surface area (TPSA) is 21.3 Å². The lowest BCUT2D eigenvalue weighted by molar-refractivity contribution is 0.315. The van der Waals surface area contributed by atoms with Gasteiger partial charge in [0.2, 0.25) is 0 Å². The number of ether oxygens (including phenoxy) is 1. The Morgan fingerprint density at radius 3 is 2.95 bits per heavy atom. The fourth-order valence-corrected chi connectivity index (χ4v) is 3.18. The second-order valence-corrected chi connectivity index (χ2v) is 6.52. The van der Waals surface area contributed by atoms with Gasteiger partial charge in [-0.3, -0.25) is 0 Å². The van der Waals surface area contributed by atoms with E-state index < -0.39 is 0 Å². The van der Waals surface area contributed by atoms with E-state index in [1.165, 1.54) is 5.56 Å². The summed E-state index contributed by atoms with van der Waals surface area (Å²) in [7, 11) is 0. The van der Waals surface area contributed by atoms with Gasteiger partial charge in [-0.1, -0.05) is 51.8 Å². The molecular weight excluding hydrogens is 350 g/mol. The lowest BCUT2D eigenvalue weighted by Gasteiger charge is -2.19. The first-order valence-corrected chi connectivity index (χ1v) is 8.30. The second-order valence-electron chi connectivity index (χ2n) is 5.20. The average Bonchev–Trinajstić information content (AvgIpc) is 2.68. The van der Waals surface area contributed by atoms with Crippen LogP contribution in [0, 0.1) is 0 Å². The molecule has 0 saturated heterocycles. The minimum Gasteiger partial charge on any atom is -0.493 e. The molecule has 0 fully saturated rings. The largest absolute Gasteiger partial charge is 0.493 e. The molecule has 2 nitrogen and oxygen atoms in total. The number of nitrogens with one attached hydrogen (secondary N) is 1. The molecule has 1 aliphatic rings. The number of benzene rings is 2. The van der Waals surface area contributed by atoms with Crippen LogP contribution < -0.4 is 10.1 Å². The standard InChI is InChI=1S/C17H17BrClNO/c18-13-7-8-14-16(6-3-9-21-17(14)10-13)20-11-12-4-1-2-5-15(12)19/h1-2,4-5,7-8,10,16,20H,3,6,9,11H2. The SMILES string of the molecule is Clc1ccccc1CNC1CCCOc2cc(Br)ccc21. The van der Waals surface area contributed by atoms with Crippen molar-refractivity contribution in [2.45, 2.75) is 25.4 Å². The number of rotatable bonds is 3. The van der Waals surface area contributed by atoms with Gasteiger partial charge in [0.05, 0.1) is 6.61 Å². The van der Waals surface area contributed by atoms with Crippen LogP contribution in [-0.4, -0.2) is 6.61 Å². The molecule has 4 heteroatoms. The van der Waals surface area contributed by atoms with Crippen LogP contribution in [0.2, 0.25) is 5.02 Å². The van der Waals surface area contributed by atoms with Crippen molar-refractivity contribution < 1.29 is 4.74 Å². The van der Waals surface area contributed by atoms with Crippen molar-refractivity contribution in [3.63, 3.8) is 0 Å². The van der Waals surface area contributed by atoms with E-state index in [1.54, 1.807) is 0 Å². The maximum Gasteiger partial charge on any atom is 0.125 e. The van der Waals surface area contributed by atoms with Gasteiger partial charge in [-0.2, -0.15) is 0 Å². The Bertz CT molecular complexity index is 632. The number of hydrogen-bond acceptors (Lipinski definition) is 2. The smallest absolute Gasteiger partial charge is 0.125 e. The number of hydrogen-bond donors (Lipinski definition) is 1. The Balaban J connectivity index is 1.78. The lowest BCUT2D eigenvalue weighted by atomic mass is 10.0. The molecule has 0 aromatic heterocycles. The monoisotopic (exact) mass is 365 g/mol. The molecule has 0 bridgehead atoms. The maximum absolute atomic E-state index is 6.22. The van der Waals surface area contributed by atoms with E-state index in [-0.39, 0.29) is 0 Å². The first-order chi connectivity index (χ1) is 10.2. The molecule has 0 radical (unpaired) electrons. The molecule has 0 aliphatic carbocycles.